The van der Waals surface area contributed by atoms with Gasteiger partial charge in [-0.3, -0.25) is 14.5 Å². The van der Waals surface area contributed by atoms with Crippen LogP contribution in [0.2, 0.25) is 0 Å². The van der Waals surface area contributed by atoms with Gasteiger partial charge in [-0.1, -0.05) is 23.9 Å². The van der Waals surface area contributed by atoms with Gasteiger partial charge in [0.1, 0.15) is 29.9 Å². The summed E-state index contributed by atoms with van der Waals surface area (Å²) < 4.78 is 10.5. The van der Waals surface area contributed by atoms with Crippen LogP contribution < -0.4 is 9.64 Å². The molecule has 0 spiro atoms. The standard InChI is InChI=1S/C22H18N2O5S/c1-3-10-28-15-8-6-14(7-9-15)20(25)18-19(16-5-4-11-30-16)24(22(27)21(18)26)17-12-13(2)29-23-17/h3-9,11-12,19,25H,1,10H2,2H3/b20-18+. The molecule has 3 heterocycles. The van der Waals surface area contributed by atoms with Gasteiger partial charge in [0.05, 0.1) is 5.57 Å². The van der Waals surface area contributed by atoms with Crippen LogP contribution >= 0.6 is 11.3 Å². The molecular formula is C22H18N2O5S. The predicted molar refractivity (Wildman–Crippen MR) is 112 cm³/mol. The topological polar surface area (TPSA) is 92.9 Å². The zero-order chi connectivity index (χ0) is 21.3. The largest absolute Gasteiger partial charge is 0.507 e. The molecule has 1 aliphatic heterocycles. The van der Waals surface area contributed by atoms with E-state index >= 15 is 0 Å². The van der Waals surface area contributed by atoms with Gasteiger partial charge in [0.25, 0.3) is 5.78 Å². The molecule has 1 unspecified atom stereocenters. The number of anilines is 1. The highest BCUT2D eigenvalue weighted by Crippen LogP contribution is 2.43. The van der Waals surface area contributed by atoms with Gasteiger partial charge in [0.2, 0.25) is 0 Å². The van der Waals surface area contributed by atoms with Gasteiger partial charge < -0.3 is 14.4 Å². The van der Waals surface area contributed by atoms with Gasteiger partial charge in [-0.15, -0.1) is 11.3 Å². The first-order valence-corrected chi connectivity index (χ1v) is 10.0. The van der Waals surface area contributed by atoms with Gasteiger partial charge in [0, 0.05) is 16.5 Å². The first-order valence-electron chi connectivity index (χ1n) is 9.13. The number of amides is 1. The number of Topliss-reactive ketones (excluding diaryl/α,β-unsaturated/α-hetero) is 1. The highest BCUT2D eigenvalue weighted by Gasteiger charge is 2.48. The third kappa shape index (κ3) is 3.42. The minimum absolute atomic E-state index is 0.00265. The molecule has 1 aliphatic rings. The van der Waals surface area contributed by atoms with Crippen molar-refractivity contribution >= 4 is 34.6 Å². The molecule has 1 aromatic carbocycles. The van der Waals surface area contributed by atoms with Crippen molar-refractivity contribution in [3.05, 3.63) is 82.3 Å². The van der Waals surface area contributed by atoms with E-state index in [1.807, 2.05) is 11.4 Å². The van der Waals surface area contributed by atoms with Gasteiger partial charge in [-0.05, 0) is 42.6 Å². The van der Waals surface area contributed by atoms with E-state index in [0.717, 1.165) is 4.88 Å². The summed E-state index contributed by atoms with van der Waals surface area (Å²) in [6, 6.07) is 11.0. The van der Waals surface area contributed by atoms with E-state index in [4.69, 9.17) is 9.26 Å². The number of nitrogens with zero attached hydrogens (tertiary/aromatic N) is 2. The van der Waals surface area contributed by atoms with Crippen molar-refractivity contribution in [2.24, 2.45) is 0 Å². The Hall–Kier alpha value is -3.65. The van der Waals surface area contributed by atoms with Crippen LogP contribution in [-0.2, 0) is 9.59 Å². The van der Waals surface area contributed by atoms with Crippen LogP contribution in [0.3, 0.4) is 0 Å². The highest BCUT2D eigenvalue weighted by molar-refractivity contribution is 7.10. The van der Waals surface area contributed by atoms with E-state index in [1.165, 1.54) is 16.2 Å². The first kappa shape index (κ1) is 19.7. The van der Waals surface area contributed by atoms with Crippen molar-refractivity contribution in [2.75, 3.05) is 11.5 Å². The van der Waals surface area contributed by atoms with Crippen molar-refractivity contribution in [3.63, 3.8) is 0 Å². The number of rotatable bonds is 6. The average Bonchev–Trinajstić information content (AvgIpc) is 3.47. The Labute approximate surface area is 176 Å². The lowest BCUT2D eigenvalue weighted by molar-refractivity contribution is -0.132. The van der Waals surface area contributed by atoms with Crippen molar-refractivity contribution < 1.29 is 24.0 Å². The normalized spacial score (nSPS) is 18.0. The first-order chi connectivity index (χ1) is 14.5. The summed E-state index contributed by atoms with van der Waals surface area (Å²) in [5.74, 6) is -0.482. The molecule has 152 valence electrons. The van der Waals surface area contributed by atoms with Crippen molar-refractivity contribution in [2.45, 2.75) is 13.0 Å². The molecule has 2 aromatic heterocycles. The molecule has 3 aromatic rings. The van der Waals surface area contributed by atoms with E-state index in [-0.39, 0.29) is 17.2 Å². The van der Waals surface area contributed by atoms with Crippen LogP contribution in [0, 0.1) is 6.92 Å². The molecule has 1 atom stereocenters. The van der Waals surface area contributed by atoms with Crippen LogP contribution in [0.5, 0.6) is 5.75 Å². The summed E-state index contributed by atoms with van der Waals surface area (Å²) in [4.78, 5) is 27.8. The number of hydrogen-bond acceptors (Lipinski definition) is 7. The molecule has 7 nitrogen and oxygen atoms in total. The summed E-state index contributed by atoms with van der Waals surface area (Å²) in [7, 11) is 0. The van der Waals surface area contributed by atoms with Crippen LogP contribution in [0.15, 0.2) is 70.6 Å². The maximum absolute atomic E-state index is 12.9. The minimum Gasteiger partial charge on any atom is -0.507 e. The summed E-state index contributed by atoms with van der Waals surface area (Å²) in [6.07, 6.45) is 1.63. The molecule has 1 N–H and O–H groups in total. The van der Waals surface area contributed by atoms with Crippen molar-refractivity contribution in [1.82, 2.24) is 5.16 Å². The average molecular weight is 422 g/mol. The van der Waals surface area contributed by atoms with Gasteiger partial charge in [-0.25, -0.2) is 0 Å². The smallest absolute Gasteiger partial charge is 0.301 e. The number of aliphatic hydroxyl groups excluding tert-OH is 1. The van der Waals surface area contributed by atoms with Crippen LogP contribution in [-0.4, -0.2) is 28.6 Å². The number of aromatic nitrogens is 1. The Morgan fingerprint density at radius 2 is 2.10 bits per heavy atom. The number of benzene rings is 1. The molecule has 1 amide bonds. The second-order valence-corrected chi connectivity index (χ2v) is 7.58. The van der Waals surface area contributed by atoms with Crippen LogP contribution in [0.4, 0.5) is 5.82 Å². The third-order valence-electron chi connectivity index (χ3n) is 4.62. The molecule has 8 heteroatoms. The number of aryl methyl sites for hydroxylation is 1. The molecule has 30 heavy (non-hydrogen) atoms. The van der Waals surface area contributed by atoms with E-state index < -0.39 is 17.7 Å². The Morgan fingerprint density at radius 3 is 2.70 bits per heavy atom. The van der Waals surface area contributed by atoms with Crippen LogP contribution in [0.25, 0.3) is 5.76 Å². The summed E-state index contributed by atoms with van der Waals surface area (Å²) >= 11 is 1.38. The maximum atomic E-state index is 12.9. The number of thiophene rings is 1. The molecule has 1 saturated heterocycles. The number of hydrogen-bond donors (Lipinski definition) is 1. The van der Waals surface area contributed by atoms with Crippen molar-refractivity contribution in [1.29, 1.82) is 0 Å². The third-order valence-corrected chi connectivity index (χ3v) is 5.54. The predicted octanol–water partition coefficient (Wildman–Crippen LogP) is 4.24. The number of ketones is 1. The second-order valence-electron chi connectivity index (χ2n) is 6.60. The van der Waals surface area contributed by atoms with E-state index in [1.54, 1.807) is 49.4 Å². The molecule has 1 fully saturated rings. The zero-order valence-electron chi connectivity index (χ0n) is 16.1. The minimum atomic E-state index is -0.800. The molecule has 4 rings (SSSR count). The van der Waals surface area contributed by atoms with Gasteiger partial charge in [0.15, 0.2) is 5.82 Å². The number of ether oxygens (including phenoxy) is 1. The molecule has 0 saturated carbocycles. The van der Waals surface area contributed by atoms with E-state index in [0.29, 0.717) is 23.7 Å². The lowest BCUT2D eigenvalue weighted by Crippen LogP contribution is -2.29. The van der Waals surface area contributed by atoms with Crippen molar-refractivity contribution in [3.8, 4) is 5.75 Å². The second kappa shape index (κ2) is 8.00. The number of carbonyl (C=O) groups excluding carboxylic acids is 2. The summed E-state index contributed by atoms with van der Waals surface area (Å²) in [5, 5.41) is 16.7. The highest BCUT2D eigenvalue weighted by atomic mass is 32.1. The summed E-state index contributed by atoms with van der Waals surface area (Å²) in [5.41, 5.74) is 0.403. The molecular weight excluding hydrogens is 404 g/mol. The Kier molecular flexibility index (Phi) is 5.24. The lowest BCUT2D eigenvalue weighted by Gasteiger charge is -2.21. The molecule has 0 aliphatic carbocycles. The maximum Gasteiger partial charge on any atom is 0.301 e. The number of aliphatic hydroxyl groups is 1. The SMILES string of the molecule is C=CCOc1ccc(/C(O)=C2\C(=O)C(=O)N(c3cc(C)on3)C2c2cccs2)cc1. The Morgan fingerprint density at radius 1 is 1.33 bits per heavy atom. The monoisotopic (exact) mass is 422 g/mol. The number of carbonyl (C=O) groups is 2. The lowest BCUT2D eigenvalue weighted by atomic mass is 10.00. The van der Waals surface area contributed by atoms with Gasteiger partial charge >= 0.3 is 5.91 Å². The van der Waals surface area contributed by atoms with E-state index in [9.17, 15) is 14.7 Å². The molecule has 0 bridgehead atoms. The summed E-state index contributed by atoms with van der Waals surface area (Å²) in [6.45, 7) is 5.65. The quantitative estimate of drug-likeness (QED) is 0.276. The molecule has 0 radical (unpaired) electrons. The van der Waals surface area contributed by atoms with Gasteiger partial charge in [-0.2, -0.15) is 0 Å². The zero-order valence-corrected chi connectivity index (χ0v) is 16.9. The van der Waals surface area contributed by atoms with E-state index in [2.05, 4.69) is 11.7 Å². The van der Waals surface area contributed by atoms with Crippen LogP contribution in [0.1, 0.15) is 22.2 Å². The fourth-order valence-corrected chi connectivity index (χ4v) is 4.09. The fraction of sp³-hybridized carbons (Fsp3) is 0.136. The Balaban J connectivity index is 1.81. The Bertz CT molecular complexity index is 1130. The fourth-order valence-electron chi connectivity index (χ4n) is 3.27.